The normalized spacial score (nSPS) is 24.2. The number of hydrogen-bond donors (Lipinski definition) is 3. The summed E-state index contributed by atoms with van der Waals surface area (Å²) in [4.78, 5) is 28.8. The van der Waals surface area contributed by atoms with Gasteiger partial charge in [0.1, 0.15) is 11.6 Å². The van der Waals surface area contributed by atoms with Crippen molar-refractivity contribution >= 4 is 11.9 Å². The van der Waals surface area contributed by atoms with E-state index in [1.807, 2.05) is 0 Å². The molecule has 2 atom stereocenters. The zero-order valence-electron chi connectivity index (χ0n) is 8.34. The van der Waals surface area contributed by atoms with Crippen LogP contribution in [0.25, 0.3) is 0 Å². The molecule has 7 heteroatoms. The predicted octanol–water partition coefficient (Wildman–Crippen LogP) is -0.761. The van der Waals surface area contributed by atoms with Gasteiger partial charge < -0.3 is 20.1 Å². The number of ether oxygens (including phenoxy) is 1. The summed E-state index contributed by atoms with van der Waals surface area (Å²) < 4.78 is 5.03. The fourth-order valence-electron chi connectivity index (χ4n) is 1.57. The van der Waals surface area contributed by atoms with E-state index >= 15 is 0 Å². The quantitative estimate of drug-likeness (QED) is 0.627. The molecule has 0 bridgehead atoms. The van der Waals surface area contributed by atoms with Gasteiger partial charge in [-0.25, -0.2) is 4.98 Å². The highest BCUT2D eigenvalue weighted by atomic mass is 16.5. The third-order valence-electron chi connectivity index (χ3n) is 2.46. The SMILES string of the molecule is O=C(NC1COCC1C(=O)O)c1cnc[nH]1. The molecule has 0 spiro atoms. The number of carbonyl (C=O) groups excluding carboxylic acids is 1. The lowest BCUT2D eigenvalue weighted by Crippen LogP contribution is -2.42. The van der Waals surface area contributed by atoms with Crippen molar-refractivity contribution in [2.24, 2.45) is 5.92 Å². The number of carboxylic acid groups (broad SMARTS) is 1. The van der Waals surface area contributed by atoms with Gasteiger partial charge in [0.25, 0.3) is 5.91 Å². The van der Waals surface area contributed by atoms with E-state index < -0.39 is 17.9 Å². The molecule has 2 unspecified atom stereocenters. The molecular formula is C9H11N3O4. The van der Waals surface area contributed by atoms with Crippen molar-refractivity contribution in [2.45, 2.75) is 6.04 Å². The number of amides is 1. The van der Waals surface area contributed by atoms with Gasteiger partial charge in [-0.05, 0) is 0 Å². The van der Waals surface area contributed by atoms with Crippen molar-refractivity contribution in [3.8, 4) is 0 Å². The number of aliphatic carboxylic acids is 1. The van der Waals surface area contributed by atoms with Crippen molar-refractivity contribution in [2.75, 3.05) is 13.2 Å². The average molecular weight is 225 g/mol. The van der Waals surface area contributed by atoms with Crippen LogP contribution in [0, 0.1) is 5.92 Å². The number of nitrogens with zero attached hydrogens (tertiary/aromatic N) is 1. The van der Waals surface area contributed by atoms with Crippen molar-refractivity contribution in [1.82, 2.24) is 15.3 Å². The van der Waals surface area contributed by atoms with Crippen molar-refractivity contribution < 1.29 is 19.4 Å². The van der Waals surface area contributed by atoms with Crippen LogP contribution in [0.3, 0.4) is 0 Å². The minimum Gasteiger partial charge on any atom is -0.481 e. The van der Waals surface area contributed by atoms with E-state index in [1.165, 1.54) is 12.5 Å². The molecule has 2 heterocycles. The Labute approximate surface area is 90.8 Å². The Morgan fingerprint density at radius 2 is 2.38 bits per heavy atom. The first kappa shape index (κ1) is 10.6. The zero-order valence-corrected chi connectivity index (χ0v) is 8.34. The van der Waals surface area contributed by atoms with Gasteiger partial charge in [0.05, 0.1) is 31.8 Å². The molecule has 0 aliphatic carbocycles. The summed E-state index contributed by atoms with van der Waals surface area (Å²) in [5.74, 6) is -2.03. The summed E-state index contributed by atoms with van der Waals surface area (Å²) in [5, 5.41) is 11.5. The highest BCUT2D eigenvalue weighted by Crippen LogP contribution is 2.14. The van der Waals surface area contributed by atoms with Crippen LogP contribution < -0.4 is 5.32 Å². The maximum absolute atomic E-state index is 11.6. The average Bonchev–Trinajstić information content (AvgIpc) is 2.86. The molecule has 7 nitrogen and oxygen atoms in total. The molecule has 2 rings (SSSR count). The number of aromatic amines is 1. The second-order valence-electron chi connectivity index (χ2n) is 3.53. The van der Waals surface area contributed by atoms with Crippen molar-refractivity contribution in [3.63, 3.8) is 0 Å². The van der Waals surface area contributed by atoms with Gasteiger partial charge in [-0.1, -0.05) is 0 Å². The van der Waals surface area contributed by atoms with Crippen molar-refractivity contribution in [3.05, 3.63) is 18.2 Å². The van der Waals surface area contributed by atoms with Crippen LogP contribution in [0.1, 0.15) is 10.5 Å². The van der Waals surface area contributed by atoms with Crippen LogP contribution in [0.2, 0.25) is 0 Å². The first-order valence-electron chi connectivity index (χ1n) is 4.78. The van der Waals surface area contributed by atoms with Gasteiger partial charge in [0.15, 0.2) is 0 Å². The third-order valence-corrected chi connectivity index (χ3v) is 2.46. The molecule has 1 aromatic rings. The Kier molecular flexibility index (Phi) is 2.86. The molecule has 1 fully saturated rings. The number of carbonyl (C=O) groups is 2. The van der Waals surface area contributed by atoms with E-state index in [0.717, 1.165) is 0 Å². The summed E-state index contributed by atoms with van der Waals surface area (Å²) in [6.45, 7) is 0.347. The maximum atomic E-state index is 11.6. The highest BCUT2D eigenvalue weighted by molar-refractivity contribution is 5.92. The fourth-order valence-corrected chi connectivity index (χ4v) is 1.57. The van der Waals surface area contributed by atoms with Crippen LogP contribution in [0.4, 0.5) is 0 Å². The maximum Gasteiger partial charge on any atom is 0.311 e. The molecule has 1 aliphatic rings. The second-order valence-corrected chi connectivity index (χ2v) is 3.53. The molecule has 1 saturated heterocycles. The van der Waals surface area contributed by atoms with Crippen LogP contribution in [0.15, 0.2) is 12.5 Å². The largest absolute Gasteiger partial charge is 0.481 e. The Balaban J connectivity index is 1.99. The minimum atomic E-state index is -0.965. The number of aromatic nitrogens is 2. The topological polar surface area (TPSA) is 104 Å². The number of rotatable bonds is 3. The van der Waals surface area contributed by atoms with E-state index in [-0.39, 0.29) is 19.1 Å². The van der Waals surface area contributed by atoms with E-state index in [4.69, 9.17) is 9.84 Å². The van der Waals surface area contributed by atoms with E-state index in [1.54, 1.807) is 0 Å². The van der Waals surface area contributed by atoms with Crippen LogP contribution in [-0.2, 0) is 9.53 Å². The predicted molar refractivity (Wildman–Crippen MR) is 51.8 cm³/mol. The van der Waals surface area contributed by atoms with Crippen LogP contribution in [-0.4, -0.2) is 46.2 Å². The molecule has 0 saturated carbocycles. The van der Waals surface area contributed by atoms with Crippen molar-refractivity contribution in [1.29, 1.82) is 0 Å². The first-order chi connectivity index (χ1) is 7.68. The lowest BCUT2D eigenvalue weighted by molar-refractivity contribution is -0.142. The fraction of sp³-hybridized carbons (Fsp3) is 0.444. The van der Waals surface area contributed by atoms with Gasteiger partial charge >= 0.3 is 5.97 Å². The molecule has 0 aromatic carbocycles. The molecule has 16 heavy (non-hydrogen) atoms. The van der Waals surface area contributed by atoms with Crippen LogP contribution in [0.5, 0.6) is 0 Å². The molecule has 1 aliphatic heterocycles. The number of carboxylic acids is 1. The Morgan fingerprint density at radius 1 is 1.56 bits per heavy atom. The second kappa shape index (κ2) is 4.31. The zero-order chi connectivity index (χ0) is 11.5. The van der Waals surface area contributed by atoms with Gasteiger partial charge in [-0.2, -0.15) is 0 Å². The lowest BCUT2D eigenvalue weighted by atomic mass is 10.0. The monoisotopic (exact) mass is 225 g/mol. The first-order valence-corrected chi connectivity index (χ1v) is 4.78. The number of imidazole rings is 1. The Bertz CT molecular complexity index is 389. The summed E-state index contributed by atoms with van der Waals surface area (Å²) in [6.07, 6.45) is 2.76. The molecule has 0 radical (unpaired) electrons. The summed E-state index contributed by atoms with van der Waals surface area (Å²) in [7, 11) is 0. The van der Waals surface area contributed by atoms with E-state index in [0.29, 0.717) is 5.69 Å². The highest BCUT2D eigenvalue weighted by Gasteiger charge is 2.35. The molecular weight excluding hydrogens is 214 g/mol. The summed E-state index contributed by atoms with van der Waals surface area (Å²) in [5.41, 5.74) is 0.302. The lowest BCUT2D eigenvalue weighted by Gasteiger charge is -2.14. The van der Waals surface area contributed by atoms with Gasteiger partial charge in [-0.3, -0.25) is 9.59 Å². The van der Waals surface area contributed by atoms with E-state index in [9.17, 15) is 9.59 Å². The van der Waals surface area contributed by atoms with Gasteiger partial charge in [0, 0.05) is 0 Å². The smallest absolute Gasteiger partial charge is 0.311 e. The number of H-pyrrole nitrogens is 1. The van der Waals surface area contributed by atoms with Gasteiger partial charge in [-0.15, -0.1) is 0 Å². The minimum absolute atomic E-state index is 0.128. The molecule has 3 N–H and O–H groups in total. The summed E-state index contributed by atoms with van der Waals surface area (Å²) >= 11 is 0. The van der Waals surface area contributed by atoms with E-state index in [2.05, 4.69) is 15.3 Å². The molecule has 1 amide bonds. The summed E-state index contributed by atoms with van der Waals surface area (Å²) in [6, 6.07) is -0.492. The third kappa shape index (κ3) is 2.03. The standard InChI is InChI=1S/C9H11N3O4/c13-8(6-1-10-4-11-6)12-7-3-16-2-5(7)9(14)15/h1,4-5,7H,2-3H2,(H,10,11)(H,12,13)(H,14,15). The van der Waals surface area contributed by atoms with Crippen LogP contribution >= 0.6 is 0 Å². The Hall–Kier alpha value is -1.89. The number of nitrogens with one attached hydrogen (secondary N) is 2. The van der Waals surface area contributed by atoms with Gasteiger partial charge in [0.2, 0.25) is 0 Å². The Morgan fingerprint density at radius 3 is 3.00 bits per heavy atom. The number of hydrogen-bond acceptors (Lipinski definition) is 4. The molecule has 86 valence electrons. The molecule has 1 aromatic heterocycles.